The molecule has 0 aliphatic heterocycles. The number of rotatable bonds is 6. The number of benzene rings is 2. The second kappa shape index (κ2) is 7.41. The summed E-state index contributed by atoms with van der Waals surface area (Å²) < 4.78 is 5.69. The zero-order valence-electron chi connectivity index (χ0n) is 12.7. The molecular weight excluding hydrogens is 278 g/mol. The summed E-state index contributed by atoms with van der Waals surface area (Å²) in [5.41, 5.74) is 1.26. The summed E-state index contributed by atoms with van der Waals surface area (Å²) in [6, 6.07) is 16.1. The van der Waals surface area contributed by atoms with Crippen LogP contribution >= 0.6 is 0 Å². The fraction of sp³-hybridized carbons (Fsp3) is 0.222. The van der Waals surface area contributed by atoms with E-state index in [-0.39, 0.29) is 11.7 Å². The maximum Gasteiger partial charge on any atom is 0.265 e. The predicted octanol–water partition coefficient (Wildman–Crippen LogP) is 3.69. The summed E-state index contributed by atoms with van der Waals surface area (Å²) in [7, 11) is 0. The summed E-state index contributed by atoms with van der Waals surface area (Å²) in [5, 5.41) is 2.80. The SMILES string of the molecule is CC[C@@H](Oc1ccccc1)C(=O)Nc1ccc(C(C)=O)cc1. The van der Waals surface area contributed by atoms with Gasteiger partial charge in [-0.3, -0.25) is 9.59 Å². The van der Waals surface area contributed by atoms with E-state index in [4.69, 9.17) is 4.74 Å². The van der Waals surface area contributed by atoms with Crippen LogP contribution in [0.15, 0.2) is 54.6 Å². The molecule has 2 aromatic carbocycles. The minimum atomic E-state index is -0.560. The lowest BCUT2D eigenvalue weighted by atomic mass is 10.1. The number of Topliss-reactive ketones (excluding diaryl/α,β-unsaturated/α-hetero) is 1. The fourth-order valence-corrected chi connectivity index (χ4v) is 2.00. The average molecular weight is 297 g/mol. The van der Waals surface area contributed by atoms with Crippen molar-refractivity contribution < 1.29 is 14.3 Å². The van der Waals surface area contributed by atoms with Crippen molar-refractivity contribution in [3.8, 4) is 5.75 Å². The van der Waals surface area contributed by atoms with Crippen molar-refractivity contribution in [2.24, 2.45) is 0 Å². The van der Waals surface area contributed by atoms with E-state index in [9.17, 15) is 9.59 Å². The Morgan fingerprint density at radius 1 is 1.05 bits per heavy atom. The molecule has 114 valence electrons. The third-order valence-corrected chi connectivity index (χ3v) is 3.24. The molecule has 0 unspecified atom stereocenters. The monoisotopic (exact) mass is 297 g/mol. The molecule has 0 aromatic heterocycles. The van der Waals surface area contributed by atoms with E-state index >= 15 is 0 Å². The maximum absolute atomic E-state index is 12.3. The number of nitrogens with one attached hydrogen (secondary N) is 1. The maximum atomic E-state index is 12.3. The first-order valence-electron chi connectivity index (χ1n) is 7.23. The highest BCUT2D eigenvalue weighted by molar-refractivity contribution is 5.96. The minimum absolute atomic E-state index is 0.00304. The van der Waals surface area contributed by atoms with Gasteiger partial charge in [-0.2, -0.15) is 0 Å². The Morgan fingerprint density at radius 2 is 1.68 bits per heavy atom. The van der Waals surface area contributed by atoms with Crippen molar-refractivity contribution in [1.29, 1.82) is 0 Å². The quantitative estimate of drug-likeness (QED) is 0.827. The third-order valence-electron chi connectivity index (χ3n) is 3.24. The second-order valence-electron chi connectivity index (χ2n) is 4.95. The minimum Gasteiger partial charge on any atom is -0.481 e. The van der Waals surface area contributed by atoms with Gasteiger partial charge in [0.2, 0.25) is 0 Å². The van der Waals surface area contributed by atoms with Crippen LogP contribution in [0.25, 0.3) is 0 Å². The smallest absolute Gasteiger partial charge is 0.265 e. The van der Waals surface area contributed by atoms with Gasteiger partial charge in [0, 0.05) is 11.3 Å². The normalized spacial score (nSPS) is 11.5. The van der Waals surface area contributed by atoms with Gasteiger partial charge in [-0.25, -0.2) is 0 Å². The molecule has 0 spiro atoms. The molecule has 2 rings (SSSR count). The van der Waals surface area contributed by atoms with Gasteiger partial charge in [-0.05, 0) is 49.7 Å². The van der Waals surface area contributed by atoms with Gasteiger partial charge >= 0.3 is 0 Å². The first-order chi connectivity index (χ1) is 10.6. The predicted molar refractivity (Wildman–Crippen MR) is 86.2 cm³/mol. The molecule has 1 atom stereocenters. The van der Waals surface area contributed by atoms with Crippen LogP contribution in [0.3, 0.4) is 0 Å². The number of para-hydroxylation sites is 1. The van der Waals surface area contributed by atoms with Crippen LogP contribution in [0, 0.1) is 0 Å². The van der Waals surface area contributed by atoms with Gasteiger partial charge in [0.1, 0.15) is 5.75 Å². The number of hydrogen-bond donors (Lipinski definition) is 1. The Kier molecular flexibility index (Phi) is 5.31. The first kappa shape index (κ1) is 15.8. The summed E-state index contributed by atoms with van der Waals surface area (Å²) in [4.78, 5) is 23.5. The standard InChI is InChI=1S/C18H19NO3/c1-3-17(22-16-7-5-4-6-8-16)18(21)19-15-11-9-14(10-12-15)13(2)20/h4-12,17H,3H2,1-2H3,(H,19,21)/t17-/m1/s1. The highest BCUT2D eigenvalue weighted by Gasteiger charge is 2.18. The van der Waals surface area contributed by atoms with Crippen molar-refractivity contribution in [2.75, 3.05) is 5.32 Å². The van der Waals surface area contributed by atoms with E-state index in [0.717, 1.165) is 0 Å². The largest absolute Gasteiger partial charge is 0.481 e. The molecule has 0 radical (unpaired) electrons. The Morgan fingerprint density at radius 3 is 2.23 bits per heavy atom. The van der Waals surface area contributed by atoms with Crippen LogP contribution < -0.4 is 10.1 Å². The van der Waals surface area contributed by atoms with E-state index in [1.165, 1.54) is 6.92 Å². The molecule has 22 heavy (non-hydrogen) atoms. The zero-order valence-corrected chi connectivity index (χ0v) is 12.7. The molecule has 1 amide bonds. The van der Waals surface area contributed by atoms with Gasteiger partial charge in [0.25, 0.3) is 5.91 Å². The average Bonchev–Trinajstić information content (AvgIpc) is 2.54. The van der Waals surface area contributed by atoms with Gasteiger partial charge in [0.15, 0.2) is 11.9 Å². The molecule has 0 saturated heterocycles. The van der Waals surface area contributed by atoms with Crippen molar-refractivity contribution in [1.82, 2.24) is 0 Å². The molecule has 0 saturated carbocycles. The number of amides is 1. The molecule has 4 heteroatoms. The van der Waals surface area contributed by atoms with Gasteiger partial charge in [0.05, 0.1) is 0 Å². The Hall–Kier alpha value is -2.62. The highest BCUT2D eigenvalue weighted by Crippen LogP contribution is 2.15. The number of hydrogen-bond acceptors (Lipinski definition) is 3. The molecule has 4 nitrogen and oxygen atoms in total. The number of carbonyl (C=O) groups excluding carboxylic acids is 2. The molecule has 0 aliphatic carbocycles. The lowest BCUT2D eigenvalue weighted by Crippen LogP contribution is -2.32. The van der Waals surface area contributed by atoms with Crippen LogP contribution in [0.1, 0.15) is 30.6 Å². The van der Waals surface area contributed by atoms with Gasteiger partial charge in [-0.15, -0.1) is 0 Å². The molecule has 0 bridgehead atoms. The van der Waals surface area contributed by atoms with Crippen molar-refractivity contribution >= 4 is 17.4 Å². The lowest BCUT2D eigenvalue weighted by Gasteiger charge is -2.17. The van der Waals surface area contributed by atoms with E-state index in [2.05, 4.69) is 5.32 Å². The Balaban J connectivity index is 2.01. The highest BCUT2D eigenvalue weighted by atomic mass is 16.5. The van der Waals surface area contributed by atoms with Crippen molar-refractivity contribution in [3.63, 3.8) is 0 Å². The number of ether oxygens (including phenoxy) is 1. The number of ketones is 1. The lowest BCUT2D eigenvalue weighted by molar-refractivity contribution is -0.122. The second-order valence-corrected chi connectivity index (χ2v) is 4.95. The Bertz CT molecular complexity index is 635. The molecule has 2 aromatic rings. The zero-order chi connectivity index (χ0) is 15.9. The molecule has 0 fully saturated rings. The van der Waals surface area contributed by atoms with Crippen molar-refractivity contribution in [2.45, 2.75) is 26.4 Å². The summed E-state index contributed by atoms with van der Waals surface area (Å²) in [6.07, 6.45) is 0.00147. The van der Waals surface area contributed by atoms with Crippen molar-refractivity contribution in [3.05, 3.63) is 60.2 Å². The van der Waals surface area contributed by atoms with Crippen LogP contribution in [-0.4, -0.2) is 17.8 Å². The summed E-state index contributed by atoms with van der Waals surface area (Å²) in [6.45, 7) is 3.40. The van der Waals surface area contributed by atoms with Crippen LogP contribution in [0.4, 0.5) is 5.69 Å². The Labute approximate surface area is 130 Å². The first-order valence-corrected chi connectivity index (χ1v) is 7.23. The van der Waals surface area contributed by atoms with E-state index in [1.807, 2.05) is 37.3 Å². The summed E-state index contributed by atoms with van der Waals surface area (Å²) >= 11 is 0. The number of anilines is 1. The van der Waals surface area contributed by atoms with Crippen LogP contribution in [0.5, 0.6) is 5.75 Å². The van der Waals surface area contributed by atoms with Crippen LogP contribution in [0.2, 0.25) is 0 Å². The van der Waals surface area contributed by atoms with E-state index in [1.54, 1.807) is 24.3 Å². The molecular formula is C18H19NO3. The third kappa shape index (κ3) is 4.19. The van der Waals surface area contributed by atoms with E-state index in [0.29, 0.717) is 23.4 Å². The van der Waals surface area contributed by atoms with Crippen LogP contribution in [-0.2, 0) is 4.79 Å². The number of carbonyl (C=O) groups is 2. The molecule has 0 heterocycles. The van der Waals surface area contributed by atoms with Gasteiger partial charge < -0.3 is 10.1 Å². The topological polar surface area (TPSA) is 55.4 Å². The van der Waals surface area contributed by atoms with E-state index < -0.39 is 6.10 Å². The molecule has 1 N–H and O–H groups in total. The summed E-state index contributed by atoms with van der Waals surface area (Å²) in [5.74, 6) is 0.454. The van der Waals surface area contributed by atoms with Gasteiger partial charge in [-0.1, -0.05) is 25.1 Å². The molecule has 0 aliphatic rings. The fourth-order valence-electron chi connectivity index (χ4n) is 2.00.